The number of hydrogen-bond donors (Lipinski definition) is 1. The number of aromatic nitrogens is 1. The standard InChI is InChI=1S/C22H23IN2O3/c1-4-16-12-17(21-19(23)20(25-28-21)22(26)24-5-2)18(11-14(16)3)27-13-15-9-7-6-8-10-15/h6-12H,4-5,13H2,1-3H3,(H,24,26). The van der Waals surface area contributed by atoms with Gasteiger partial charge in [-0.1, -0.05) is 42.4 Å². The van der Waals surface area contributed by atoms with Crippen molar-refractivity contribution in [1.29, 1.82) is 0 Å². The SMILES string of the molecule is CCNC(=O)c1noc(-c2cc(CC)c(C)cc2OCc2ccccc2)c1I. The molecule has 0 fully saturated rings. The van der Waals surface area contributed by atoms with Crippen LogP contribution in [-0.4, -0.2) is 17.6 Å². The van der Waals surface area contributed by atoms with Gasteiger partial charge in [-0.25, -0.2) is 0 Å². The summed E-state index contributed by atoms with van der Waals surface area (Å²) in [6.45, 7) is 7.04. The van der Waals surface area contributed by atoms with Crippen molar-refractivity contribution in [3.63, 3.8) is 0 Å². The van der Waals surface area contributed by atoms with Crippen LogP contribution in [0.25, 0.3) is 11.3 Å². The van der Waals surface area contributed by atoms with Gasteiger partial charge in [-0.05, 0) is 71.7 Å². The highest BCUT2D eigenvalue weighted by Crippen LogP contribution is 2.37. The first-order valence-corrected chi connectivity index (χ1v) is 10.4. The molecule has 1 heterocycles. The average molecular weight is 490 g/mol. The summed E-state index contributed by atoms with van der Waals surface area (Å²) >= 11 is 2.11. The van der Waals surface area contributed by atoms with E-state index in [4.69, 9.17) is 9.26 Å². The van der Waals surface area contributed by atoms with E-state index in [0.717, 1.165) is 28.9 Å². The molecule has 3 aromatic rings. The molecule has 28 heavy (non-hydrogen) atoms. The monoisotopic (exact) mass is 490 g/mol. The number of benzene rings is 2. The van der Waals surface area contributed by atoms with Crippen molar-refractivity contribution < 1.29 is 14.1 Å². The highest BCUT2D eigenvalue weighted by molar-refractivity contribution is 14.1. The summed E-state index contributed by atoms with van der Waals surface area (Å²) in [5.41, 5.74) is 4.55. The largest absolute Gasteiger partial charge is 0.488 e. The minimum absolute atomic E-state index is 0.239. The maximum atomic E-state index is 12.2. The van der Waals surface area contributed by atoms with Gasteiger partial charge in [-0.15, -0.1) is 0 Å². The number of hydrogen-bond acceptors (Lipinski definition) is 4. The van der Waals surface area contributed by atoms with Crippen LogP contribution in [0.5, 0.6) is 5.75 Å². The van der Waals surface area contributed by atoms with Crippen molar-refractivity contribution in [3.05, 3.63) is 68.4 Å². The number of halogens is 1. The highest BCUT2D eigenvalue weighted by atomic mass is 127. The molecule has 0 saturated carbocycles. The normalized spacial score (nSPS) is 10.7. The fourth-order valence-corrected chi connectivity index (χ4v) is 3.70. The Morgan fingerprint density at radius 1 is 1.21 bits per heavy atom. The van der Waals surface area contributed by atoms with Crippen LogP contribution in [0.3, 0.4) is 0 Å². The predicted octanol–water partition coefficient (Wildman–Crippen LogP) is 5.15. The lowest BCUT2D eigenvalue weighted by molar-refractivity contribution is 0.0946. The van der Waals surface area contributed by atoms with Gasteiger partial charge in [-0.2, -0.15) is 0 Å². The Morgan fingerprint density at radius 3 is 2.64 bits per heavy atom. The van der Waals surface area contributed by atoms with Crippen LogP contribution in [0, 0.1) is 10.5 Å². The maximum Gasteiger partial charge on any atom is 0.274 e. The van der Waals surface area contributed by atoms with E-state index < -0.39 is 0 Å². The Bertz CT molecular complexity index is 967. The van der Waals surface area contributed by atoms with Crippen molar-refractivity contribution in [2.45, 2.75) is 33.8 Å². The molecular formula is C22H23IN2O3. The first-order chi connectivity index (χ1) is 13.5. The maximum absolute atomic E-state index is 12.2. The quantitative estimate of drug-likeness (QED) is 0.466. The first kappa shape index (κ1) is 20.4. The fraction of sp³-hybridized carbons (Fsp3) is 0.273. The molecule has 0 saturated heterocycles. The highest BCUT2D eigenvalue weighted by Gasteiger charge is 2.23. The average Bonchev–Trinajstić information content (AvgIpc) is 3.08. The second-order valence-electron chi connectivity index (χ2n) is 6.44. The molecule has 2 aromatic carbocycles. The first-order valence-electron chi connectivity index (χ1n) is 9.29. The zero-order valence-electron chi connectivity index (χ0n) is 16.2. The topological polar surface area (TPSA) is 64.4 Å². The van der Waals surface area contributed by atoms with E-state index in [-0.39, 0.29) is 5.91 Å². The van der Waals surface area contributed by atoms with E-state index in [0.29, 0.717) is 28.2 Å². The van der Waals surface area contributed by atoms with E-state index in [9.17, 15) is 4.79 Å². The minimum atomic E-state index is -0.239. The second kappa shape index (κ2) is 9.23. The zero-order chi connectivity index (χ0) is 20.1. The van der Waals surface area contributed by atoms with Gasteiger partial charge < -0.3 is 14.6 Å². The van der Waals surface area contributed by atoms with E-state index in [2.05, 4.69) is 53.0 Å². The summed E-state index contributed by atoms with van der Waals surface area (Å²) in [5.74, 6) is 1.03. The molecule has 0 unspecified atom stereocenters. The summed E-state index contributed by atoms with van der Waals surface area (Å²) in [4.78, 5) is 12.2. The van der Waals surface area contributed by atoms with Crippen LogP contribution in [-0.2, 0) is 13.0 Å². The zero-order valence-corrected chi connectivity index (χ0v) is 18.4. The van der Waals surface area contributed by atoms with Gasteiger partial charge in [0.15, 0.2) is 11.5 Å². The van der Waals surface area contributed by atoms with Crippen molar-refractivity contribution in [2.75, 3.05) is 6.54 Å². The Kier molecular flexibility index (Phi) is 6.72. The summed E-state index contributed by atoms with van der Waals surface area (Å²) in [7, 11) is 0. The number of nitrogens with one attached hydrogen (secondary N) is 1. The van der Waals surface area contributed by atoms with E-state index in [1.54, 1.807) is 0 Å². The molecule has 3 rings (SSSR count). The molecule has 6 heteroatoms. The van der Waals surface area contributed by atoms with Gasteiger partial charge in [0.1, 0.15) is 12.4 Å². The van der Waals surface area contributed by atoms with E-state index in [1.807, 2.05) is 43.3 Å². The van der Waals surface area contributed by atoms with Gasteiger partial charge in [0.25, 0.3) is 5.91 Å². The summed E-state index contributed by atoms with van der Waals surface area (Å²) < 4.78 is 12.4. The Morgan fingerprint density at radius 2 is 1.96 bits per heavy atom. The molecule has 0 aliphatic carbocycles. The Hall–Kier alpha value is -2.35. The minimum Gasteiger partial charge on any atom is -0.488 e. The number of nitrogens with zero attached hydrogens (tertiary/aromatic N) is 1. The predicted molar refractivity (Wildman–Crippen MR) is 118 cm³/mol. The second-order valence-corrected chi connectivity index (χ2v) is 7.52. The molecule has 1 amide bonds. The number of amides is 1. The van der Waals surface area contributed by atoms with Crippen LogP contribution in [0.4, 0.5) is 0 Å². The molecule has 146 valence electrons. The summed E-state index contributed by atoms with van der Waals surface area (Å²) in [6.07, 6.45) is 0.895. The van der Waals surface area contributed by atoms with Crippen molar-refractivity contribution in [1.82, 2.24) is 10.5 Å². The Balaban J connectivity index is 2.00. The molecule has 5 nitrogen and oxygen atoms in total. The molecular weight excluding hydrogens is 467 g/mol. The fourth-order valence-electron chi connectivity index (χ4n) is 2.97. The molecule has 0 bridgehead atoms. The molecule has 0 atom stereocenters. The number of carbonyl (C=O) groups is 1. The lowest BCUT2D eigenvalue weighted by Crippen LogP contribution is -2.23. The number of carbonyl (C=O) groups excluding carboxylic acids is 1. The molecule has 0 aliphatic heterocycles. The third kappa shape index (κ3) is 4.38. The van der Waals surface area contributed by atoms with Crippen LogP contribution in [0.2, 0.25) is 0 Å². The summed E-state index contributed by atoms with van der Waals surface area (Å²) in [5, 5.41) is 6.76. The lowest BCUT2D eigenvalue weighted by atomic mass is 10.0. The van der Waals surface area contributed by atoms with Gasteiger partial charge >= 0.3 is 0 Å². The van der Waals surface area contributed by atoms with Crippen LogP contribution < -0.4 is 10.1 Å². The molecule has 1 N–H and O–H groups in total. The Labute approximate surface area is 178 Å². The lowest BCUT2D eigenvalue weighted by Gasteiger charge is -2.14. The van der Waals surface area contributed by atoms with E-state index in [1.165, 1.54) is 5.56 Å². The van der Waals surface area contributed by atoms with Crippen molar-refractivity contribution >= 4 is 28.5 Å². The molecule has 0 spiro atoms. The van der Waals surface area contributed by atoms with E-state index >= 15 is 0 Å². The molecule has 0 radical (unpaired) electrons. The van der Waals surface area contributed by atoms with Crippen LogP contribution >= 0.6 is 22.6 Å². The van der Waals surface area contributed by atoms with Crippen LogP contribution in [0.1, 0.15) is 41.0 Å². The number of aryl methyl sites for hydroxylation is 2. The third-order valence-corrected chi connectivity index (χ3v) is 5.49. The van der Waals surface area contributed by atoms with Crippen molar-refractivity contribution in [3.8, 4) is 17.1 Å². The van der Waals surface area contributed by atoms with Gasteiger partial charge in [0.05, 0.1) is 9.13 Å². The smallest absolute Gasteiger partial charge is 0.274 e. The van der Waals surface area contributed by atoms with Crippen molar-refractivity contribution in [2.24, 2.45) is 0 Å². The third-order valence-electron chi connectivity index (χ3n) is 4.49. The van der Waals surface area contributed by atoms with Crippen LogP contribution in [0.15, 0.2) is 47.0 Å². The number of rotatable bonds is 7. The summed E-state index contributed by atoms with van der Waals surface area (Å²) in [6, 6.07) is 14.1. The number of ether oxygens (including phenoxy) is 1. The molecule has 1 aromatic heterocycles. The van der Waals surface area contributed by atoms with Gasteiger partial charge in [0, 0.05) is 6.54 Å². The van der Waals surface area contributed by atoms with Gasteiger partial charge in [-0.3, -0.25) is 4.79 Å². The van der Waals surface area contributed by atoms with Gasteiger partial charge in [0.2, 0.25) is 0 Å². The molecule has 0 aliphatic rings.